The normalized spacial score (nSPS) is 13.4. The SMILES string of the molecule is CCC(=O)N(c1ccc(-c2ccc(C(=O)CCc3ccc(Cl)nc3)cc2)cc1)C1CCC1. The number of aryl methyl sites for hydroxylation is 1. The molecule has 0 bridgehead atoms. The number of hydrogen-bond acceptors (Lipinski definition) is 3. The van der Waals surface area contributed by atoms with Crippen molar-refractivity contribution in [3.05, 3.63) is 83.1 Å². The lowest BCUT2D eigenvalue weighted by atomic mass is 9.90. The fraction of sp³-hybridized carbons (Fsp3) is 0.296. The highest BCUT2D eigenvalue weighted by atomic mass is 35.5. The molecule has 1 aromatic heterocycles. The number of carbonyl (C=O) groups is 2. The first-order valence-corrected chi connectivity index (χ1v) is 11.6. The van der Waals surface area contributed by atoms with Gasteiger partial charge in [-0.05, 0) is 60.6 Å². The molecule has 0 spiro atoms. The van der Waals surface area contributed by atoms with Gasteiger partial charge >= 0.3 is 0 Å². The number of pyridine rings is 1. The molecule has 0 saturated heterocycles. The van der Waals surface area contributed by atoms with Gasteiger partial charge in [0.2, 0.25) is 5.91 Å². The van der Waals surface area contributed by atoms with Gasteiger partial charge in [0.25, 0.3) is 0 Å². The Bertz CT molecular complexity index is 1070. The third kappa shape index (κ3) is 5.08. The molecule has 4 rings (SSSR count). The average molecular weight is 447 g/mol. The molecular weight excluding hydrogens is 420 g/mol. The molecule has 1 amide bonds. The summed E-state index contributed by atoms with van der Waals surface area (Å²) < 4.78 is 0. The number of ketones is 1. The lowest BCUT2D eigenvalue weighted by Crippen LogP contribution is -2.44. The van der Waals surface area contributed by atoms with E-state index in [9.17, 15) is 9.59 Å². The number of halogens is 1. The van der Waals surface area contributed by atoms with Crippen molar-refractivity contribution in [2.75, 3.05) is 4.90 Å². The van der Waals surface area contributed by atoms with Crippen LogP contribution < -0.4 is 4.90 Å². The summed E-state index contributed by atoms with van der Waals surface area (Å²) in [4.78, 5) is 31.0. The second-order valence-electron chi connectivity index (χ2n) is 8.24. The largest absolute Gasteiger partial charge is 0.309 e. The molecule has 5 heteroatoms. The van der Waals surface area contributed by atoms with E-state index in [1.165, 1.54) is 6.42 Å². The number of anilines is 1. The number of hydrogen-bond donors (Lipinski definition) is 0. The molecule has 0 radical (unpaired) electrons. The first-order chi connectivity index (χ1) is 15.5. The molecule has 1 saturated carbocycles. The maximum Gasteiger partial charge on any atom is 0.226 e. The molecule has 0 N–H and O–H groups in total. The molecule has 0 unspecified atom stereocenters. The van der Waals surface area contributed by atoms with E-state index in [4.69, 9.17) is 11.6 Å². The van der Waals surface area contributed by atoms with E-state index >= 15 is 0 Å². The summed E-state index contributed by atoms with van der Waals surface area (Å²) in [5.41, 5.74) is 4.78. The van der Waals surface area contributed by atoms with Gasteiger partial charge in [-0.15, -0.1) is 0 Å². The van der Waals surface area contributed by atoms with Gasteiger partial charge in [-0.3, -0.25) is 9.59 Å². The number of amides is 1. The van der Waals surface area contributed by atoms with Crippen LogP contribution in [0.15, 0.2) is 66.9 Å². The van der Waals surface area contributed by atoms with Gasteiger partial charge in [0.1, 0.15) is 5.15 Å². The molecule has 2 aromatic carbocycles. The third-order valence-electron chi connectivity index (χ3n) is 6.13. The number of benzene rings is 2. The topological polar surface area (TPSA) is 50.3 Å². The van der Waals surface area contributed by atoms with Crippen LogP contribution in [0.3, 0.4) is 0 Å². The fourth-order valence-electron chi connectivity index (χ4n) is 3.99. The Morgan fingerprint density at radius 2 is 1.62 bits per heavy atom. The Labute approximate surface area is 194 Å². The molecule has 3 aromatic rings. The molecule has 0 aliphatic heterocycles. The highest BCUT2D eigenvalue weighted by molar-refractivity contribution is 6.29. The van der Waals surface area contributed by atoms with E-state index in [2.05, 4.69) is 4.98 Å². The van der Waals surface area contributed by atoms with Crippen LogP contribution in [0.2, 0.25) is 5.15 Å². The van der Waals surface area contributed by atoms with Gasteiger partial charge in [-0.1, -0.05) is 61.0 Å². The highest BCUT2D eigenvalue weighted by Gasteiger charge is 2.29. The zero-order chi connectivity index (χ0) is 22.5. The Kier molecular flexibility index (Phi) is 7.01. The van der Waals surface area contributed by atoms with Crippen molar-refractivity contribution in [1.82, 2.24) is 4.98 Å². The monoisotopic (exact) mass is 446 g/mol. The summed E-state index contributed by atoms with van der Waals surface area (Å²) in [6, 6.07) is 19.9. The molecular formula is C27H27ClN2O2. The Morgan fingerprint density at radius 3 is 2.16 bits per heavy atom. The molecule has 0 atom stereocenters. The van der Waals surface area contributed by atoms with Gasteiger partial charge < -0.3 is 4.90 Å². The molecule has 4 nitrogen and oxygen atoms in total. The van der Waals surface area contributed by atoms with Crippen LogP contribution in [0.1, 0.15) is 54.9 Å². The Morgan fingerprint density at radius 1 is 0.969 bits per heavy atom. The number of Topliss-reactive ketones (excluding diaryl/α,β-unsaturated/α-hetero) is 1. The Hall–Kier alpha value is -2.98. The lowest BCUT2D eigenvalue weighted by Gasteiger charge is -2.37. The first-order valence-electron chi connectivity index (χ1n) is 11.2. The van der Waals surface area contributed by atoms with Gasteiger partial charge in [-0.2, -0.15) is 0 Å². The van der Waals surface area contributed by atoms with E-state index in [1.54, 1.807) is 12.3 Å². The van der Waals surface area contributed by atoms with E-state index in [0.29, 0.717) is 36.0 Å². The molecule has 1 aliphatic rings. The minimum Gasteiger partial charge on any atom is -0.309 e. The highest BCUT2D eigenvalue weighted by Crippen LogP contribution is 2.32. The van der Waals surface area contributed by atoms with E-state index < -0.39 is 0 Å². The molecule has 164 valence electrons. The zero-order valence-corrected chi connectivity index (χ0v) is 19.0. The van der Waals surface area contributed by atoms with Gasteiger partial charge in [0, 0.05) is 36.3 Å². The van der Waals surface area contributed by atoms with Crippen LogP contribution in [-0.2, 0) is 11.2 Å². The fourth-order valence-corrected chi connectivity index (χ4v) is 4.11. The summed E-state index contributed by atoms with van der Waals surface area (Å²) in [6.45, 7) is 1.91. The van der Waals surface area contributed by atoms with E-state index in [0.717, 1.165) is 35.2 Å². The van der Waals surface area contributed by atoms with Gasteiger partial charge in [-0.25, -0.2) is 4.98 Å². The average Bonchev–Trinajstić information content (AvgIpc) is 2.80. The quantitative estimate of drug-likeness (QED) is 0.292. The molecule has 1 fully saturated rings. The third-order valence-corrected chi connectivity index (χ3v) is 6.35. The second-order valence-corrected chi connectivity index (χ2v) is 8.63. The number of carbonyl (C=O) groups excluding carboxylic acids is 2. The first kappa shape index (κ1) is 22.2. The van der Waals surface area contributed by atoms with Crippen molar-refractivity contribution in [2.24, 2.45) is 0 Å². The smallest absolute Gasteiger partial charge is 0.226 e. The van der Waals surface area contributed by atoms with Crippen molar-refractivity contribution in [3.63, 3.8) is 0 Å². The standard InChI is InChI=1S/C27H27ClN2O2/c1-2-27(32)30(23-4-3-5-23)24-14-12-21(13-15-24)20-8-10-22(11-9-20)25(31)16-6-19-7-17-26(28)29-18-19/h7-15,17-18,23H,2-6,16H2,1H3. The number of rotatable bonds is 8. The zero-order valence-electron chi connectivity index (χ0n) is 18.3. The van der Waals surface area contributed by atoms with Crippen molar-refractivity contribution >= 4 is 29.0 Å². The molecule has 1 aliphatic carbocycles. The van der Waals surface area contributed by atoms with Crippen LogP contribution in [-0.4, -0.2) is 22.7 Å². The predicted molar refractivity (Wildman–Crippen MR) is 129 cm³/mol. The second kappa shape index (κ2) is 10.1. The minimum absolute atomic E-state index is 0.107. The summed E-state index contributed by atoms with van der Waals surface area (Å²) >= 11 is 5.81. The minimum atomic E-state index is 0.107. The van der Waals surface area contributed by atoms with Crippen LogP contribution in [0.5, 0.6) is 0 Å². The predicted octanol–water partition coefficient (Wildman–Crippen LogP) is 6.51. The van der Waals surface area contributed by atoms with Crippen LogP contribution in [0.25, 0.3) is 11.1 Å². The molecule has 1 heterocycles. The summed E-state index contributed by atoms with van der Waals surface area (Å²) in [6.07, 6.45) is 6.65. The van der Waals surface area contributed by atoms with Gasteiger partial charge in [0.15, 0.2) is 5.78 Å². The number of aromatic nitrogens is 1. The van der Waals surface area contributed by atoms with Crippen LogP contribution in [0, 0.1) is 0 Å². The van der Waals surface area contributed by atoms with Crippen LogP contribution >= 0.6 is 11.6 Å². The maximum absolute atomic E-state index is 12.6. The van der Waals surface area contributed by atoms with Crippen LogP contribution in [0.4, 0.5) is 5.69 Å². The Balaban J connectivity index is 1.41. The van der Waals surface area contributed by atoms with Crippen molar-refractivity contribution in [3.8, 4) is 11.1 Å². The maximum atomic E-state index is 12.6. The van der Waals surface area contributed by atoms with E-state index in [1.807, 2.05) is 66.4 Å². The number of nitrogens with zero attached hydrogens (tertiary/aromatic N) is 2. The molecule has 32 heavy (non-hydrogen) atoms. The van der Waals surface area contributed by atoms with Crippen molar-refractivity contribution in [1.29, 1.82) is 0 Å². The van der Waals surface area contributed by atoms with E-state index in [-0.39, 0.29) is 11.7 Å². The summed E-state index contributed by atoms with van der Waals surface area (Å²) in [7, 11) is 0. The summed E-state index contributed by atoms with van der Waals surface area (Å²) in [5.74, 6) is 0.288. The lowest BCUT2D eigenvalue weighted by molar-refractivity contribution is -0.119. The van der Waals surface area contributed by atoms with Crippen molar-refractivity contribution in [2.45, 2.75) is 51.5 Å². The summed E-state index contributed by atoms with van der Waals surface area (Å²) in [5, 5.41) is 0.455. The van der Waals surface area contributed by atoms with Gasteiger partial charge in [0.05, 0.1) is 0 Å². The van der Waals surface area contributed by atoms with Crippen molar-refractivity contribution < 1.29 is 9.59 Å².